The van der Waals surface area contributed by atoms with Crippen LogP contribution in [0, 0.1) is 13.8 Å². The van der Waals surface area contributed by atoms with Crippen molar-refractivity contribution in [1.82, 2.24) is 25.1 Å². The van der Waals surface area contributed by atoms with E-state index in [9.17, 15) is 4.79 Å². The number of rotatable bonds is 5. The first-order valence-electron chi connectivity index (χ1n) is 8.68. The van der Waals surface area contributed by atoms with Crippen molar-refractivity contribution in [2.75, 3.05) is 0 Å². The topological polar surface area (TPSA) is 87.3 Å². The maximum absolute atomic E-state index is 12.4. The van der Waals surface area contributed by atoms with Gasteiger partial charge < -0.3 is 4.98 Å². The van der Waals surface area contributed by atoms with E-state index in [1.54, 1.807) is 11.3 Å². The zero-order valence-corrected chi connectivity index (χ0v) is 16.9. The number of thioether (sulfide) groups is 1. The molecule has 0 bridgehead atoms. The Morgan fingerprint density at radius 3 is 2.67 bits per heavy atom. The summed E-state index contributed by atoms with van der Waals surface area (Å²) in [6, 6.07) is 8.28. The second-order valence-electron chi connectivity index (χ2n) is 6.28. The number of hydrogen-bond donors (Lipinski definition) is 2. The Balaban J connectivity index is 1.51. The van der Waals surface area contributed by atoms with E-state index in [4.69, 9.17) is 0 Å². The number of fused-ring (bicyclic) bond motifs is 1. The standard InChI is InChI=1S/C19H19N5OS2/c1-4-12-5-7-13(8-6-12)16-22-19(24-23-16)26-9-14-20-17(25)15-10(2)11(3)27-18(15)21-14/h5-8H,4,9H2,1-3H3,(H,20,21,25)(H,22,23,24). The van der Waals surface area contributed by atoms with Crippen LogP contribution in [0.25, 0.3) is 21.6 Å². The lowest BCUT2D eigenvalue weighted by atomic mass is 10.1. The summed E-state index contributed by atoms with van der Waals surface area (Å²) in [6.45, 7) is 6.10. The van der Waals surface area contributed by atoms with E-state index < -0.39 is 0 Å². The fourth-order valence-corrected chi connectivity index (χ4v) is 4.56. The van der Waals surface area contributed by atoms with Crippen LogP contribution in [0.2, 0.25) is 0 Å². The molecule has 27 heavy (non-hydrogen) atoms. The third kappa shape index (κ3) is 3.54. The average molecular weight is 398 g/mol. The molecule has 0 aliphatic rings. The molecule has 4 rings (SSSR count). The van der Waals surface area contributed by atoms with Gasteiger partial charge in [0.05, 0.1) is 11.1 Å². The Bertz CT molecular complexity index is 1160. The lowest BCUT2D eigenvalue weighted by molar-refractivity contribution is 0.966. The number of thiophene rings is 1. The molecular formula is C19H19N5OS2. The number of aromatic amines is 2. The summed E-state index contributed by atoms with van der Waals surface area (Å²) in [7, 11) is 0. The second-order valence-corrected chi connectivity index (χ2v) is 8.43. The fourth-order valence-electron chi connectivity index (χ4n) is 2.84. The minimum Gasteiger partial charge on any atom is -0.309 e. The molecule has 2 N–H and O–H groups in total. The molecule has 138 valence electrons. The van der Waals surface area contributed by atoms with Crippen LogP contribution in [0.3, 0.4) is 0 Å². The molecule has 0 spiro atoms. The van der Waals surface area contributed by atoms with E-state index in [1.807, 2.05) is 26.0 Å². The monoisotopic (exact) mass is 397 g/mol. The van der Waals surface area contributed by atoms with Gasteiger partial charge in [-0.25, -0.2) is 9.97 Å². The lowest BCUT2D eigenvalue weighted by Gasteiger charge is -1.99. The fraction of sp³-hybridized carbons (Fsp3) is 0.263. The predicted octanol–water partition coefficient (Wildman–Crippen LogP) is 4.24. The molecule has 0 atom stereocenters. The summed E-state index contributed by atoms with van der Waals surface area (Å²) < 4.78 is 0. The van der Waals surface area contributed by atoms with Crippen molar-refractivity contribution in [1.29, 1.82) is 0 Å². The Morgan fingerprint density at radius 1 is 1.15 bits per heavy atom. The number of nitrogens with one attached hydrogen (secondary N) is 2. The SMILES string of the molecule is CCc1ccc(-c2nc(SCc3nc4sc(C)c(C)c4c(=O)[nH]3)n[nH]2)cc1. The quantitative estimate of drug-likeness (QED) is 0.492. The highest BCUT2D eigenvalue weighted by molar-refractivity contribution is 7.98. The average Bonchev–Trinajstić information content (AvgIpc) is 3.25. The molecule has 4 aromatic rings. The highest BCUT2D eigenvalue weighted by atomic mass is 32.2. The summed E-state index contributed by atoms with van der Waals surface area (Å²) in [4.78, 5) is 26.3. The van der Waals surface area contributed by atoms with Crippen LogP contribution in [0.15, 0.2) is 34.2 Å². The van der Waals surface area contributed by atoms with Gasteiger partial charge in [-0.3, -0.25) is 9.89 Å². The number of benzene rings is 1. The van der Waals surface area contributed by atoms with Gasteiger partial charge in [0.15, 0.2) is 5.82 Å². The molecule has 3 heterocycles. The van der Waals surface area contributed by atoms with Crippen molar-refractivity contribution in [3.8, 4) is 11.4 Å². The number of hydrogen-bond acceptors (Lipinski definition) is 6. The van der Waals surface area contributed by atoms with Crippen molar-refractivity contribution in [3.05, 3.63) is 56.4 Å². The molecule has 0 saturated heterocycles. The Labute approximate surface area is 164 Å². The smallest absolute Gasteiger partial charge is 0.259 e. The molecule has 0 fully saturated rings. The van der Waals surface area contributed by atoms with Gasteiger partial charge in [0.25, 0.3) is 5.56 Å². The third-order valence-corrected chi connectivity index (χ3v) is 6.49. The lowest BCUT2D eigenvalue weighted by Crippen LogP contribution is -2.10. The van der Waals surface area contributed by atoms with Gasteiger partial charge in [0.2, 0.25) is 5.16 Å². The van der Waals surface area contributed by atoms with Crippen molar-refractivity contribution in [2.45, 2.75) is 38.1 Å². The first kappa shape index (κ1) is 17.9. The van der Waals surface area contributed by atoms with Gasteiger partial charge in [-0.1, -0.05) is 43.0 Å². The van der Waals surface area contributed by atoms with Crippen molar-refractivity contribution in [3.63, 3.8) is 0 Å². The molecule has 0 aliphatic heterocycles. The van der Waals surface area contributed by atoms with Gasteiger partial charge in [0, 0.05) is 10.4 Å². The van der Waals surface area contributed by atoms with Crippen LogP contribution < -0.4 is 5.56 Å². The molecule has 3 aromatic heterocycles. The summed E-state index contributed by atoms with van der Waals surface area (Å²) in [5.41, 5.74) is 3.22. The molecule has 0 aliphatic carbocycles. The Morgan fingerprint density at radius 2 is 1.93 bits per heavy atom. The molecule has 0 amide bonds. The summed E-state index contributed by atoms with van der Waals surface area (Å²) in [6.07, 6.45) is 1.01. The first-order valence-corrected chi connectivity index (χ1v) is 10.5. The van der Waals surface area contributed by atoms with E-state index in [0.717, 1.165) is 33.1 Å². The number of aryl methyl sites for hydroxylation is 3. The van der Waals surface area contributed by atoms with Crippen LogP contribution in [-0.4, -0.2) is 25.1 Å². The molecule has 0 unspecified atom stereocenters. The van der Waals surface area contributed by atoms with Crippen molar-refractivity contribution in [2.24, 2.45) is 0 Å². The minimum absolute atomic E-state index is 0.0795. The van der Waals surface area contributed by atoms with Gasteiger partial charge in [0.1, 0.15) is 10.7 Å². The van der Waals surface area contributed by atoms with E-state index in [2.05, 4.69) is 44.2 Å². The number of nitrogens with zero attached hydrogens (tertiary/aromatic N) is 3. The number of aromatic nitrogens is 5. The number of H-pyrrole nitrogens is 2. The maximum atomic E-state index is 12.4. The minimum atomic E-state index is -0.0795. The zero-order chi connectivity index (χ0) is 19.0. The van der Waals surface area contributed by atoms with Gasteiger partial charge in [-0.05, 0) is 31.4 Å². The van der Waals surface area contributed by atoms with Crippen LogP contribution >= 0.6 is 23.1 Å². The molecule has 8 heteroatoms. The Kier molecular flexibility index (Phi) is 4.84. The van der Waals surface area contributed by atoms with Gasteiger partial charge in [-0.2, -0.15) is 0 Å². The van der Waals surface area contributed by atoms with E-state index in [1.165, 1.54) is 17.3 Å². The van der Waals surface area contributed by atoms with Crippen LogP contribution in [0.5, 0.6) is 0 Å². The van der Waals surface area contributed by atoms with Crippen molar-refractivity contribution < 1.29 is 0 Å². The maximum Gasteiger partial charge on any atom is 0.259 e. The summed E-state index contributed by atoms with van der Waals surface area (Å²) in [5.74, 6) is 1.88. The van der Waals surface area contributed by atoms with Gasteiger partial charge >= 0.3 is 0 Å². The predicted molar refractivity (Wildman–Crippen MR) is 110 cm³/mol. The summed E-state index contributed by atoms with van der Waals surface area (Å²) in [5, 5.41) is 8.56. The first-order chi connectivity index (χ1) is 13.0. The molecule has 0 saturated carbocycles. The third-order valence-electron chi connectivity index (χ3n) is 4.53. The van der Waals surface area contributed by atoms with E-state index in [0.29, 0.717) is 22.1 Å². The molecule has 0 radical (unpaired) electrons. The van der Waals surface area contributed by atoms with Gasteiger partial charge in [-0.15, -0.1) is 16.4 Å². The summed E-state index contributed by atoms with van der Waals surface area (Å²) >= 11 is 3.00. The molecular weight excluding hydrogens is 378 g/mol. The van der Waals surface area contributed by atoms with E-state index >= 15 is 0 Å². The largest absolute Gasteiger partial charge is 0.309 e. The second kappa shape index (κ2) is 7.28. The van der Waals surface area contributed by atoms with Crippen molar-refractivity contribution >= 4 is 33.3 Å². The highest BCUT2D eigenvalue weighted by Gasteiger charge is 2.13. The zero-order valence-electron chi connectivity index (χ0n) is 15.3. The molecule has 6 nitrogen and oxygen atoms in total. The van der Waals surface area contributed by atoms with Crippen LogP contribution in [-0.2, 0) is 12.2 Å². The normalized spacial score (nSPS) is 11.4. The van der Waals surface area contributed by atoms with Crippen LogP contribution in [0.1, 0.15) is 28.8 Å². The molecule has 1 aromatic carbocycles. The van der Waals surface area contributed by atoms with Crippen LogP contribution in [0.4, 0.5) is 0 Å². The van der Waals surface area contributed by atoms with E-state index in [-0.39, 0.29) is 5.56 Å². The Hall–Kier alpha value is -2.45. The highest BCUT2D eigenvalue weighted by Crippen LogP contribution is 2.27.